The van der Waals surface area contributed by atoms with Crippen LogP contribution in [0.1, 0.15) is 72.9 Å². The molecule has 5 aromatic rings. The van der Waals surface area contributed by atoms with Gasteiger partial charge in [-0.15, -0.1) is 59.5 Å². The summed E-state index contributed by atoms with van der Waals surface area (Å²) in [6, 6.07) is 39.1. The summed E-state index contributed by atoms with van der Waals surface area (Å²) < 4.78 is 1.42. The van der Waals surface area contributed by atoms with E-state index in [0.717, 1.165) is 6.42 Å². The Morgan fingerprint density at radius 3 is 1.62 bits per heavy atom. The molecule has 0 spiro atoms. The van der Waals surface area contributed by atoms with Crippen LogP contribution in [0.15, 0.2) is 121 Å². The number of hydrogen-bond acceptors (Lipinski definition) is 2. The molecule has 252 valence electrons. The molecule has 5 aromatic carbocycles. The van der Waals surface area contributed by atoms with E-state index in [1.807, 2.05) is 12.2 Å². The van der Waals surface area contributed by atoms with Gasteiger partial charge in [0.15, 0.2) is 0 Å². The van der Waals surface area contributed by atoms with E-state index in [2.05, 4.69) is 180 Å². The molecule has 6 rings (SSSR count). The van der Waals surface area contributed by atoms with Crippen LogP contribution in [0.5, 0.6) is 0 Å². The molecule has 0 amide bonds. The van der Waals surface area contributed by atoms with Gasteiger partial charge in [0.05, 0.1) is 0 Å². The summed E-state index contributed by atoms with van der Waals surface area (Å²) in [6.07, 6.45) is 10.0. The van der Waals surface area contributed by atoms with Crippen LogP contribution in [0.2, 0.25) is 0 Å². The fourth-order valence-corrected chi connectivity index (χ4v) is 7.29. The van der Waals surface area contributed by atoms with Gasteiger partial charge in [0.2, 0.25) is 0 Å². The monoisotopic (exact) mass is 756 g/mol. The van der Waals surface area contributed by atoms with Crippen molar-refractivity contribution in [3.63, 3.8) is 0 Å². The number of fused-ring (bicyclic) bond motifs is 3. The summed E-state index contributed by atoms with van der Waals surface area (Å²) >= 11 is 1.46. The summed E-state index contributed by atoms with van der Waals surface area (Å²) in [4.78, 5) is 5.02. The first kappa shape index (κ1) is 41.3. The topological polar surface area (TPSA) is 6.48 Å². The van der Waals surface area contributed by atoms with Crippen molar-refractivity contribution < 1.29 is 24.2 Å². The first-order chi connectivity index (χ1) is 22.1. The van der Waals surface area contributed by atoms with Crippen molar-refractivity contribution in [2.24, 2.45) is 0 Å². The maximum absolute atomic E-state index is 2.99. The van der Waals surface area contributed by atoms with Crippen molar-refractivity contribution in [1.82, 2.24) is 0 Å². The Kier molecular flexibility index (Phi) is 17.2. The molecule has 0 aromatic heterocycles. The zero-order chi connectivity index (χ0) is 33.2. The van der Waals surface area contributed by atoms with Crippen LogP contribution in [0.4, 0.5) is 11.4 Å². The van der Waals surface area contributed by atoms with E-state index in [1.54, 1.807) is 0 Å². The molecule has 0 saturated heterocycles. The minimum atomic E-state index is 0. The third-order valence-electron chi connectivity index (χ3n) is 8.20. The molecular formula is C43H52Cl2N2Zr. The predicted octanol–water partition coefficient (Wildman–Crippen LogP) is 11.9. The standard InChI is InChI=1S/C25H35N2.C13H10.C5H5.2ClH.Zr/c1-16(2)26(17(3)4)22-12-13-23-21(15-22)14-20-10-9-11-24(25(20)23)27(18(5)6)19(7)8;1-3-7-12(8-4-1)11-13-9-5-2-6-10-13;1-2-4-5-3-1;;;/h9-19H,1-8H3;1-10H;1-3H,4H2;2*1H;/q-1;;-1;;;+2. The number of halogens is 2. The second-order valence-corrected chi connectivity index (χ2v) is 14.2. The van der Waals surface area contributed by atoms with Crippen LogP contribution >= 0.6 is 24.8 Å². The molecule has 0 bridgehead atoms. The van der Waals surface area contributed by atoms with Crippen LogP contribution in [0.25, 0.3) is 21.5 Å². The SMILES string of the molecule is CC(C)N(c1ccc2c(c1)[cH-]c1cccc(N(C(C)C)C(C)C)c12)C(C)C.Cl.Cl.[C-]1=CC=CC1.[Zr+2]=[C](c1ccccc1)c1ccccc1. The number of nitrogens with zero attached hydrogens (tertiary/aromatic N) is 2. The van der Waals surface area contributed by atoms with Gasteiger partial charge in [0.25, 0.3) is 0 Å². The van der Waals surface area contributed by atoms with Gasteiger partial charge in [-0.2, -0.15) is 6.08 Å². The molecule has 0 N–H and O–H groups in total. The van der Waals surface area contributed by atoms with Gasteiger partial charge in [-0.3, -0.25) is 6.08 Å². The average Bonchev–Trinajstić information content (AvgIpc) is 3.74. The van der Waals surface area contributed by atoms with E-state index in [9.17, 15) is 0 Å². The Balaban J connectivity index is 0.000000317. The van der Waals surface area contributed by atoms with Crippen LogP contribution in [-0.4, -0.2) is 27.4 Å². The molecule has 0 aliphatic heterocycles. The fourth-order valence-electron chi connectivity index (χ4n) is 6.47. The Morgan fingerprint density at radius 2 is 1.19 bits per heavy atom. The Bertz CT molecular complexity index is 1680. The number of benzene rings is 4. The molecule has 0 radical (unpaired) electrons. The average molecular weight is 759 g/mol. The molecule has 0 fully saturated rings. The normalized spacial score (nSPS) is 11.6. The van der Waals surface area contributed by atoms with Gasteiger partial charge in [0.1, 0.15) is 0 Å². The zero-order valence-electron chi connectivity index (χ0n) is 29.8. The Labute approximate surface area is 317 Å². The molecule has 48 heavy (non-hydrogen) atoms. The maximum atomic E-state index is 2.99. The van der Waals surface area contributed by atoms with Crippen molar-refractivity contribution in [2.45, 2.75) is 86.0 Å². The van der Waals surface area contributed by atoms with Crippen molar-refractivity contribution in [1.29, 1.82) is 0 Å². The van der Waals surface area contributed by atoms with Crippen LogP contribution in [0, 0.1) is 6.08 Å². The molecule has 1 aliphatic rings. The van der Waals surface area contributed by atoms with Crippen LogP contribution in [-0.2, 0) is 24.2 Å². The van der Waals surface area contributed by atoms with E-state index in [4.69, 9.17) is 0 Å². The molecule has 0 unspecified atom stereocenters. The first-order valence-electron chi connectivity index (χ1n) is 16.7. The van der Waals surface area contributed by atoms with Gasteiger partial charge < -0.3 is 9.80 Å². The van der Waals surface area contributed by atoms with Gasteiger partial charge in [0, 0.05) is 35.5 Å². The van der Waals surface area contributed by atoms with Crippen molar-refractivity contribution in [2.75, 3.05) is 9.80 Å². The van der Waals surface area contributed by atoms with E-state index < -0.39 is 0 Å². The van der Waals surface area contributed by atoms with E-state index in [0.29, 0.717) is 24.2 Å². The second-order valence-electron chi connectivity index (χ2n) is 13.0. The summed E-state index contributed by atoms with van der Waals surface area (Å²) in [5.41, 5.74) is 5.33. The summed E-state index contributed by atoms with van der Waals surface area (Å²) in [5.74, 6) is 0. The van der Waals surface area contributed by atoms with Crippen LogP contribution < -0.4 is 9.80 Å². The van der Waals surface area contributed by atoms with E-state index in [-0.39, 0.29) is 24.8 Å². The molecular weight excluding hydrogens is 707 g/mol. The molecule has 0 atom stereocenters. The summed E-state index contributed by atoms with van der Waals surface area (Å²) in [7, 11) is 0. The third kappa shape index (κ3) is 10.6. The Hall–Kier alpha value is -2.84. The van der Waals surface area contributed by atoms with Crippen molar-refractivity contribution in [3.05, 3.63) is 139 Å². The van der Waals surface area contributed by atoms with Crippen LogP contribution in [0.3, 0.4) is 0 Å². The number of rotatable bonds is 8. The zero-order valence-corrected chi connectivity index (χ0v) is 33.9. The molecule has 2 nitrogen and oxygen atoms in total. The van der Waals surface area contributed by atoms with Gasteiger partial charge in [-0.05, 0) is 55.4 Å². The summed E-state index contributed by atoms with van der Waals surface area (Å²) in [5, 5.41) is 5.44. The number of anilines is 2. The van der Waals surface area contributed by atoms with Crippen molar-refractivity contribution >= 4 is 60.9 Å². The fraction of sp³-hybridized carbons (Fsp3) is 0.302. The molecule has 5 heteroatoms. The van der Waals surface area contributed by atoms with Crippen molar-refractivity contribution in [3.8, 4) is 0 Å². The number of allylic oxidation sites excluding steroid dienone is 4. The minimum absolute atomic E-state index is 0. The second kappa shape index (κ2) is 20.0. The quantitative estimate of drug-likeness (QED) is 0.145. The first-order valence-corrected chi connectivity index (χ1v) is 17.9. The van der Waals surface area contributed by atoms with E-state index in [1.165, 1.54) is 71.5 Å². The predicted molar refractivity (Wildman–Crippen MR) is 215 cm³/mol. The van der Waals surface area contributed by atoms with Gasteiger partial charge in [-0.1, -0.05) is 35.7 Å². The number of hydrogen-bond donors (Lipinski definition) is 0. The van der Waals surface area contributed by atoms with E-state index >= 15 is 0 Å². The summed E-state index contributed by atoms with van der Waals surface area (Å²) in [6.45, 7) is 18.2. The Morgan fingerprint density at radius 1 is 0.646 bits per heavy atom. The molecule has 0 saturated carbocycles. The van der Waals surface area contributed by atoms with Gasteiger partial charge >= 0.3 is 99.2 Å². The van der Waals surface area contributed by atoms with Gasteiger partial charge in [-0.25, -0.2) is 12.2 Å². The molecule has 0 heterocycles. The molecule has 1 aliphatic carbocycles. The third-order valence-corrected chi connectivity index (χ3v) is 9.62.